The molecule has 0 aliphatic carbocycles. The quantitative estimate of drug-likeness (QED) is 0.387. The molecule has 0 saturated carbocycles. The molecule has 0 unspecified atom stereocenters. The van der Waals surface area contributed by atoms with Gasteiger partial charge in [-0.15, -0.1) is 0 Å². The van der Waals surface area contributed by atoms with Crippen molar-refractivity contribution in [1.29, 1.82) is 10.5 Å². The van der Waals surface area contributed by atoms with Gasteiger partial charge >= 0.3 is 0 Å². The maximum Gasteiger partial charge on any atom is 0.266 e. The van der Waals surface area contributed by atoms with E-state index < -0.39 is 23.2 Å². The number of fused-ring (bicyclic) bond motifs is 1. The highest BCUT2D eigenvalue weighted by atomic mass is 19.1. The number of nitriles is 2. The number of hydrogen-bond donors (Lipinski definition) is 3. The van der Waals surface area contributed by atoms with Gasteiger partial charge in [-0.05, 0) is 18.6 Å². The van der Waals surface area contributed by atoms with E-state index in [2.05, 4.69) is 25.3 Å². The predicted octanol–water partition coefficient (Wildman–Crippen LogP) is 2.32. The molecule has 35 heavy (non-hydrogen) atoms. The molecule has 0 radical (unpaired) electrons. The molecule has 4 rings (SSSR count). The second-order valence-corrected chi connectivity index (χ2v) is 7.34. The molecule has 0 spiro atoms. The highest BCUT2D eigenvalue weighted by Gasteiger charge is 2.24. The third-order valence-corrected chi connectivity index (χ3v) is 5.13. The Morgan fingerprint density at radius 3 is 2.51 bits per heavy atom. The van der Waals surface area contributed by atoms with Crippen LogP contribution in [-0.2, 0) is 0 Å². The average molecular weight is 474 g/mol. The molecule has 0 amide bonds. The molecular formula is C22H16F2N10O. The summed E-state index contributed by atoms with van der Waals surface area (Å²) < 4.78 is 29.2. The van der Waals surface area contributed by atoms with E-state index in [0.29, 0.717) is 0 Å². The van der Waals surface area contributed by atoms with E-state index >= 15 is 0 Å². The molecule has 1 aromatic carbocycles. The van der Waals surface area contributed by atoms with Gasteiger partial charge in [-0.2, -0.15) is 20.5 Å². The lowest BCUT2D eigenvalue weighted by molar-refractivity contribution is 0.614. The fourth-order valence-corrected chi connectivity index (χ4v) is 3.59. The van der Waals surface area contributed by atoms with E-state index in [4.69, 9.17) is 11.5 Å². The number of hydrogen-bond acceptors (Lipinski definition) is 10. The van der Waals surface area contributed by atoms with E-state index in [-0.39, 0.29) is 57.5 Å². The van der Waals surface area contributed by atoms with E-state index in [1.54, 1.807) is 6.92 Å². The maximum absolute atomic E-state index is 14.2. The highest BCUT2D eigenvalue weighted by Crippen LogP contribution is 2.28. The van der Waals surface area contributed by atoms with Gasteiger partial charge in [0.1, 0.15) is 41.0 Å². The summed E-state index contributed by atoms with van der Waals surface area (Å²) in [6, 6.07) is 5.87. The Morgan fingerprint density at radius 1 is 1.09 bits per heavy atom. The smallest absolute Gasteiger partial charge is 0.266 e. The van der Waals surface area contributed by atoms with Crippen molar-refractivity contribution in [2.75, 3.05) is 16.8 Å². The van der Waals surface area contributed by atoms with Gasteiger partial charge in [0, 0.05) is 6.07 Å². The maximum atomic E-state index is 14.2. The number of nitrogens with zero attached hydrogens (tertiary/aromatic N) is 7. The standard InChI is InChI=1S/C22H16F2N10O/c1-2-16(30-19-15(7-26)18(27)32-22(28)33-19)20-31-17-10(6-25)3-11(23)5-14(17)21(35)34(20)13-4-12(24)8-29-9-13/h3-5,8-9,16H,2H2,1H3,(H5,27,28,30,32,33)/t16-/m0/s1. The van der Waals surface area contributed by atoms with Crippen LogP contribution in [0.4, 0.5) is 26.4 Å². The van der Waals surface area contributed by atoms with E-state index in [0.717, 1.165) is 29.0 Å². The van der Waals surface area contributed by atoms with Gasteiger partial charge in [-0.25, -0.2) is 13.8 Å². The Hall–Kier alpha value is -5.17. The Balaban J connectivity index is 2.04. The Bertz CT molecular complexity index is 1620. The van der Waals surface area contributed by atoms with Crippen LogP contribution < -0.4 is 22.3 Å². The molecule has 1 atom stereocenters. The molecule has 3 aromatic heterocycles. The SMILES string of the molecule is CC[C@H](Nc1nc(N)nc(N)c1C#N)c1nc2c(C#N)cc(F)cc2c(=O)n1-c1cncc(F)c1. The van der Waals surface area contributed by atoms with Crippen LogP contribution in [0.1, 0.15) is 36.3 Å². The van der Waals surface area contributed by atoms with E-state index in [1.165, 1.54) is 6.20 Å². The number of rotatable bonds is 5. The molecule has 0 fully saturated rings. The van der Waals surface area contributed by atoms with Crippen molar-refractivity contribution in [3.63, 3.8) is 0 Å². The van der Waals surface area contributed by atoms with Crippen molar-refractivity contribution < 1.29 is 8.78 Å². The molecule has 13 heteroatoms. The first-order valence-corrected chi connectivity index (χ1v) is 10.1. The van der Waals surface area contributed by atoms with Crippen molar-refractivity contribution in [1.82, 2.24) is 24.5 Å². The van der Waals surface area contributed by atoms with Gasteiger partial charge in [0.15, 0.2) is 5.82 Å². The summed E-state index contributed by atoms with van der Waals surface area (Å²) in [5.41, 5.74) is 10.4. The first-order chi connectivity index (χ1) is 16.8. The van der Waals surface area contributed by atoms with Gasteiger partial charge in [0.25, 0.3) is 5.56 Å². The third kappa shape index (κ3) is 4.14. The molecule has 3 heterocycles. The number of nitrogens with two attached hydrogens (primary N) is 2. The van der Waals surface area contributed by atoms with E-state index in [1.807, 2.05) is 12.1 Å². The normalized spacial score (nSPS) is 11.6. The molecule has 0 aliphatic heterocycles. The Kier molecular flexibility index (Phi) is 5.91. The molecule has 0 saturated heterocycles. The number of nitrogen functional groups attached to an aromatic ring is 2. The van der Waals surface area contributed by atoms with Crippen LogP contribution in [0, 0.1) is 34.3 Å². The zero-order chi connectivity index (χ0) is 25.3. The molecule has 5 N–H and O–H groups in total. The molecular weight excluding hydrogens is 458 g/mol. The topological polar surface area (TPSA) is 185 Å². The molecule has 0 aliphatic rings. The van der Waals surface area contributed by atoms with Gasteiger partial charge in [-0.3, -0.25) is 14.3 Å². The number of nitrogens with one attached hydrogen (secondary N) is 1. The molecule has 11 nitrogen and oxygen atoms in total. The fourth-order valence-electron chi connectivity index (χ4n) is 3.59. The first-order valence-electron chi connectivity index (χ1n) is 10.1. The summed E-state index contributed by atoms with van der Waals surface area (Å²) in [7, 11) is 0. The largest absolute Gasteiger partial charge is 0.382 e. The lowest BCUT2D eigenvalue weighted by Crippen LogP contribution is -2.29. The number of halogens is 2. The van der Waals surface area contributed by atoms with Gasteiger partial charge in [-0.1, -0.05) is 6.92 Å². The van der Waals surface area contributed by atoms with Crippen molar-refractivity contribution >= 4 is 28.5 Å². The number of pyridine rings is 1. The number of aromatic nitrogens is 5. The molecule has 0 bridgehead atoms. The van der Waals surface area contributed by atoms with Crippen LogP contribution in [-0.4, -0.2) is 24.5 Å². The minimum absolute atomic E-state index is 0.0118. The second kappa shape index (κ2) is 8.99. The van der Waals surface area contributed by atoms with Crippen LogP contribution in [0.5, 0.6) is 0 Å². The minimum Gasteiger partial charge on any atom is -0.382 e. The van der Waals surface area contributed by atoms with Crippen molar-refractivity contribution in [3.8, 4) is 17.8 Å². The summed E-state index contributed by atoms with van der Waals surface area (Å²) in [5.74, 6) is -1.86. The lowest BCUT2D eigenvalue weighted by Gasteiger charge is -2.23. The van der Waals surface area contributed by atoms with Gasteiger partial charge in [0.05, 0.1) is 40.6 Å². The Morgan fingerprint density at radius 2 is 1.86 bits per heavy atom. The number of anilines is 3. The predicted molar refractivity (Wildman–Crippen MR) is 122 cm³/mol. The van der Waals surface area contributed by atoms with Crippen LogP contribution in [0.3, 0.4) is 0 Å². The zero-order valence-electron chi connectivity index (χ0n) is 18.1. The van der Waals surface area contributed by atoms with Crippen molar-refractivity contribution in [3.05, 3.63) is 69.5 Å². The minimum atomic E-state index is -0.826. The fraction of sp³-hybridized carbons (Fsp3) is 0.136. The summed E-state index contributed by atoms with van der Waals surface area (Å²) >= 11 is 0. The van der Waals surface area contributed by atoms with Crippen LogP contribution in [0.2, 0.25) is 0 Å². The van der Waals surface area contributed by atoms with Crippen LogP contribution in [0.25, 0.3) is 16.6 Å². The summed E-state index contributed by atoms with van der Waals surface area (Å²) in [4.78, 5) is 29.6. The summed E-state index contributed by atoms with van der Waals surface area (Å²) in [5, 5.41) is 21.8. The lowest BCUT2D eigenvalue weighted by atomic mass is 10.1. The van der Waals surface area contributed by atoms with E-state index in [9.17, 15) is 24.1 Å². The van der Waals surface area contributed by atoms with Crippen molar-refractivity contribution in [2.24, 2.45) is 0 Å². The third-order valence-electron chi connectivity index (χ3n) is 5.13. The zero-order valence-corrected chi connectivity index (χ0v) is 18.1. The van der Waals surface area contributed by atoms with Gasteiger partial charge in [0.2, 0.25) is 5.95 Å². The molecule has 174 valence electrons. The van der Waals surface area contributed by atoms with Crippen molar-refractivity contribution in [2.45, 2.75) is 19.4 Å². The molecule has 4 aromatic rings. The highest BCUT2D eigenvalue weighted by molar-refractivity contribution is 5.84. The van der Waals surface area contributed by atoms with Gasteiger partial charge < -0.3 is 16.8 Å². The monoisotopic (exact) mass is 474 g/mol. The first kappa shape index (κ1) is 23.0. The van der Waals surface area contributed by atoms with Crippen LogP contribution >= 0.6 is 0 Å². The Labute approximate surface area is 196 Å². The second-order valence-electron chi connectivity index (χ2n) is 7.34. The average Bonchev–Trinajstić information content (AvgIpc) is 2.82. The summed E-state index contributed by atoms with van der Waals surface area (Å²) in [6.07, 6.45) is 2.47. The summed E-state index contributed by atoms with van der Waals surface area (Å²) in [6.45, 7) is 1.75. The van der Waals surface area contributed by atoms with Crippen LogP contribution in [0.15, 0.2) is 35.4 Å². The number of benzene rings is 1.